The summed E-state index contributed by atoms with van der Waals surface area (Å²) in [5, 5.41) is 5.65. The number of nitrogens with zero attached hydrogens (tertiary/aromatic N) is 1. The maximum atomic E-state index is 12.7. The van der Waals surface area contributed by atoms with E-state index in [9.17, 15) is 4.79 Å². The van der Waals surface area contributed by atoms with Crippen molar-refractivity contribution in [3.8, 4) is 0 Å². The molecule has 2 atom stereocenters. The van der Waals surface area contributed by atoms with Crippen LogP contribution in [0.5, 0.6) is 0 Å². The van der Waals surface area contributed by atoms with E-state index in [1.165, 1.54) is 24.1 Å². The van der Waals surface area contributed by atoms with E-state index in [0.29, 0.717) is 0 Å². The van der Waals surface area contributed by atoms with Gasteiger partial charge in [0.05, 0.1) is 5.54 Å². The van der Waals surface area contributed by atoms with Gasteiger partial charge in [0.25, 0.3) is 0 Å². The molecule has 1 amide bonds. The normalized spacial score (nSPS) is 30.2. The maximum absolute atomic E-state index is 12.7. The number of carbonyl (C=O) groups excluding carboxylic acids is 1. The van der Waals surface area contributed by atoms with E-state index < -0.39 is 5.54 Å². The van der Waals surface area contributed by atoms with E-state index in [4.69, 9.17) is 0 Å². The average Bonchev–Trinajstić information content (AvgIpc) is 3.03. The zero-order chi connectivity index (χ0) is 14.2. The van der Waals surface area contributed by atoms with Gasteiger partial charge in [0.2, 0.25) is 5.91 Å². The predicted molar refractivity (Wildman–Crippen MR) is 82.6 cm³/mol. The zero-order valence-electron chi connectivity index (χ0n) is 12.4. The standard InChI is InChI=1S/C16H24N2OS/c1-3-16(2)15(19)18(10-4-6-12-8-9-12)14(17-16)13-7-5-11-20-13/h5,7,11-12,14,17H,3-4,6,8-10H2,1-2H3. The second kappa shape index (κ2) is 5.49. The third-order valence-electron chi connectivity index (χ3n) is 4.73. The lowest BCUT2D eigenvalue weighted by Gasteiger charge is -2.23. The molecule has 0 radical (unpaired) electrons. The highest BCUT2D eigenvalue weighted by Crippen LogP contribution is 2.37. The molecule has 1 aliphatic heterocycles. The number of hydrogen-bond donors (Lipinski definition) is 1. The quantitative estimate of drug-likeness (QED) is 0.870. The minimum absolute atomic E-state index is 0.0756. The number of nitrogens with one attached hydrogen (secondary N) is 1. The molecular weight excluding hydrogens is 268 g/mol. The molecule has 2 fully saturated rings. The maximum Gasteiger partial charge on any atom is 0.244 e. The lowest BCUT2D eigenvalue weighted by molar-refractivity contribution is -0.133. The average molecular weight is 292 g/mol. The number of carbonyl (C=O) groups is 1. The van der Waals surface area contributed by atoms with Crippen LogP contribution < -0.4 is 5.32 Å². The van der Waals surface area contributed by atoms with Crippen molar-refractivity contribution in [2.75, 3.05) is 6.54 Å². The van der Waals surface area contributed by atoms with Gasteiger partial charge in [-0.25, -0.2) is 0 Å². The Hall–Kier alpha value is -0.870. The highest BCUT2D eigenvalue weighted by Gasteiger charge is 2.47. The van der Waals surface area contributed by atoms with Gasteiger partial charge < -0.3 is 4.90 Å². The Bertz CT molecular complexity index is 469. The summed E-state index contributed by atoms with van der Waals surface area (Å²) in [6, 6.07) is 4.20. The molecular formula is C16H24N2OS. The van der Waals surface area contributed by atoms with E-state index in [0.717, 1.165) is 25.3 Å². The Balaban J connectivity index is 1.72. The number of amides is 1. The number of thiophene rings is 1. The van der Waals surface area contributed by atoms with Gasteiger partial charge in [-0.15, -0.1) is 11.3 Å². The summed E-state index contributed by atoms with van der Waals surface area (Å²) in [5.41, 5.74) is -0.395. The first-order valence-electron chi connectivity index (χ1n) is 7.76. The second-order valence-electron chi connectivity index (χ2n) is 6.33. The Morgan fingerprint density at radius 2 is 2.30 bits per heavy atom. The first kappa shape index (κ1) is 14.1. The molecule has 20 heavy (non-hydrogen) atoms. The van der Waals surface area contributed by atoms with Gasteiger partial charge in [-0.2, -0.15) is 0 Å². The van der Waals surface area contributed by atoms with Crippen molar-refractivity contribution < 1.29 is 4.79 Å². The molecule has 0 bridgehead atoms. The van der Waals surface area contributed by atoms with Crippen LogP contribution in [0.15, 0.2) is 17.5 Å². The van der Waals surface area contributed by atoms with Gasteiger partial charge in [-0.1, -0.05) is 25.8 Å². The van der Waals surface area contributed by atoms with E-state index >= 15 is 0 Å². The minimum atomic E-state index is -0.395. The van der Waals surface area contributed by atoms with Crippen LogP contribution in [-0.2, 0) is 4.79 Å². The molecule has 4 heteroatoms. The van der Waals surface area contributed by atoms with Crippen LogP contribution in [0.25, 0.3) is 0 Å². The molecule has 2 aliphatic rings. The van der Waals surface area contributed by atoms with Crippen molar-refractivity contribution in [2.45, 2.75) is 57.7 Å². The number of rotatable bonds is 6. The Morgan fingerprint density at radius 3 is 2.90 bits per heavy atom. The second-order valence-corrected chi connectivity index (χ2v) is 7.31. The van der Waals surface area contributed by atoms with Crippen molar-refractivity contribution in [3.63, 3.8) is 0 Å². The topological polar surface area (TPSA) is 32.3 Å². The predicted octanol–water partition coefficient (Wildman–Crippen LogP) is 3.54. The van der Waals surface area contributed by atoms with Crippen molar-refractivity contribution in [3.05, 3.63) is 22.4 Å². The van der Waals surface area contributed by atoms with Crippen LogP contribution in [0.2, 0.25) is 0 Å². The Morgan fingerprint density at radius 1 is 1.50 bits per heavy atom. The summed E-state index contributed by atoms with van der Waals surface area (Å²) >= 11 is 1.73. The molecule has 1 saturated carbocycles. The molecule has 1 aromatic rings. The summed E-state index contributed by atoms with van der Waals surface area (Å²) < 4.78 is 0. The SMILES string of the molecule is CCC1(C)NC(c2cccs2)N(CCCC2CC2)C1=O. The van der Waals surface area contributed by atoms with Crippen LogP contribution in [0.3, 0.4) is 0 Å². The molecule has 2 heterocycles. The summed E-state index contributed by atoms with van der Waals surface area (Å²) in [4.78, 5) is 16.0. The molecule has 1 saturated heterocycles. The Labute approximate surface area is 125 Å². The monoisotopic (exact) mass is 292 g/mol. The van der Waals surface area contributed by atoms with Crippen molar-refractivity contribution in [2.24, 2.45) is 5.92 Å². The van der Waals surface area contributed by atoms with Gasteiger partial charge in [0, 0.05) is 11.4 Å². The molecule has 110 valence electrons. The fourth-order valence-corrected chi connectivity index (χ4v) is 3.77. The molecule has 3 nitrogen and oxygen atoms in total. The summed E-state index contributed by atoms with van der Waals surface area (Å²) in [6.45, 7) is 5.02. The molecule has 0 spiro atoms. The van der Waals surface area contributed by atoms with Crippen LogP contribution in [-0.4, -0.2) is 22.9 Å². The number of hydrogen-bond acceptors (Lipinski definition) is 3. The van der Waals surface area contributed by atoms with E-state index in [1.807, 2.05) is 6.92 Å². The van der Waals surface area contributed by atoms with E-state index in [1.54, 1.807) is 11.3 Å². The minimum Gasteiger partial charge on any atom is -0.320 e. The fourth-order valence-electron chi connectivity index (χ4n) is 2.99. The smallest absolute Gasteiger partial charge is 0.244 e. The molecule has 3 rings (SSSR count). The van der Waals surface area contributed by atoms with Crippen molar-refractivity contribution in [1.29, 1.82) is 0 Å². The van der Waals surface area contributed by atoms with Gasteiger partial charge >= 0.3 is 0 Å². The summed E-state index contributed by atoms with van der Waals surface area (Å²) in [5.74, 6) is 1.22. The summed E-state index contributed by atoms with van der Waals surface area (Å²) in [6.07, 6.45) is 6.13. The van der Waals surface area contributed by atoms with E-state index in [2.05, 4.69) is 34.7 Å². The fraction of sp³-hybridized carbons (Fsp3) is 0.688. The Kier molecular flexibility index (Phi) is 3.87. The van der Waals surface area contributed by atoms with Gasteiger partial charge in [-0.05, 0) is 43.6 Å². The molecule has 0 aromatic carbocycles. The van der Waals surface area contributed by atoms with E-state index in [-0.39, 0.29) is 12.1 Å². The largest absolute Gasteiger partial charge is 0.320 e. The van der Waals surface area contributed by atoms with Crippen LogP contribution in [0, 0.1) is 5.92 Å². The first-order valence-corrected chi connectivity index (χ1v) is 8.64. The highest BCUT2D eigenvalue weighted by atomic mass is 32.1. The van der Waals surface area contributed by atoms with Crippen LogP contribution >= 0.6 is 11.3 Å². The van der Waals surface area contributed by atoms with Gasteiger partial charge in [0.1, 0.15) is 6.17 Å². The molecule has 1 N–H and O–H groups in total. The van der Waals surface area contributed by atoms with Gasteiger partial charge in [-0.3, -0.25) is 10.1 Å². The van der Waals surface area contributed by atoms with Crippen molar-refractivity contribution >= 4 is 17.2 Å². The molecule has 1 aliphatic carbocycles. The van der Waals surface area contributed by atoms with Crippen LogP contribution in [0.1, 0.15) is 57.0 Å². The lowest BCUT2D eigenvalue weighted by atomic mass is 9.99. The van der Waals surface area contributed by atoms with Gasteiger partial charge in [0.15, 0.2) is 0 Å². The molecule has 2 unspecified atom stereocenters. The highest BCUT2D eigenvalue weighted by molar-refractivity contribution is 7.10. The first-order chi connectivity index (χ1) is 9.64. The zero-order valence-corrected chi connectivity index (χ0v) is 13.2. The lowest BCUT2D eigenvalue weighted by Crippen LogP contribution is -2.43. The summed E-state index contributed by atoms with van der Waals surface area (Å²) in [7, 11) is 0. The third-order valence-corrected chi connectivity index (χ3v) is 5.65. The van der Waals surface area contributed by atoms with Crippen LogP contribution in [0.4, 0.5) is 0 Å². The third kappa shape index (κ3) is 2.63. The molecule has 1 aromatic heterocycles. The van der Waals surface area contributed by atoms with Crippen molar-refractivity contribution in [1.82, 2.24) is 10.2 Å².